The molecule has 0 atom stereocenters. The number of nitrogens with one attached hydrogen (secondary N) is 1. The molecule has 0 unspecified atom stereocenters. The highest BCUT2D eigenvalue weighted by Crippen LogP contribution is 2.30. The fraction of sp³-hybridized carbons (Fsp3) is 0. The van der Waals surface area contributed by atoms with Gasteiger partial charge in [0.05, 0.1) is 5.52 Å². The molecular formula is C20H13N5. The van der Waals surface area contributed by atoms with Crippen molar-refractivity contribution in [2.45, 2.75) is 0 Å². The predicted molar refractivity (Wildman–Crippen MR) is 97.9 cm³/mol. The molecule has 25 heavy (non-hydrogen) atoms. The summed E-state index contributed by atoms with van der Waals surface area (Å²) < 4.78 is 0. The van der Waals surface area contributed by atoms with Crippen molar-refractivity contribution < 1.29 is 0 Å². The highest BCUT2D eigenvalue weighted by molar-refractivity contribution is 5.98. The lowest BCUT2D eigenvalue weighted by Gasteiger charge is -2.08. The van der Waals surface area contributed by atoms with Crippen LogP contribution in [0.25, 0.3) is 44.2 Å². The third-order valence-corrected chi connectivity index (χ3v) is 4.39. The molecule has 5 heteroatoms. The monoisotopic (exact) mass is 323 g/mol. The maximum atomic E-state index is 4.62. The highest BCUT2D eigenvalue weighted by atomic mass is 15.5. The largest absolute Gasteiger partial charge is 0.256 e. The Labute approximate surface area is 143 Å². The fourth-order valence-corrected chi connectivity index (χ4v) is 3.18. The molecule has 3 aromatic carbocycles. The number of hydrogen-bond acceptors (Lipinski definition) is 4. The van der Waals surface area contributed by atoms with Crippen LogP contribution < -0.4 is 0 Å². The standard InChI is InChI=1S/C20H13N5/c1-2-6-17-13(4-1)5-3-7-18(17)16-11-15-10-14(20-22-24-25-23-20)8-9-19(15)21-12-16/h1-12H,(H,22,23,24,25). The summed E-state index contributed by atoms with van der Waals surface area (Å²) in [7, 11) is 0. The van der Waals surface area contributed by atoms with Gasteiger partial charge >= 0.3 is 0 Å². The Morgan fingerprint density at radius 1 is 0.760 bits per heavy atom. The molecule has 1 N–H and O–H groups in total. The Morgan fingerprint density at radius 2 is 1.64 bits per heavy atom. The first-order valence-electron chi connectivity index (χ1n) is 8.00. The van der Waals surface area contributed by atoms with E-state index in [2.05, 4.69) is 74.1 Å². The van der Waals surface area contributed by atoms with Gasteiger partial charge in [-0.3, -0.25) is 4.98 Å². The summed E-state index contributed by atoms with van der Waals surface area (Å²) >= 11 is 0. The minimum Gasteiger partial charge on any atom is -0.256 e. The molecule has 0 bridgehead atoms. The topological polar surface area (TPSA) is 67.3 Å². The molecule has 2 heterocycles. The molecule has 0 aliphatic carbocycles. The van der Waals surface area contributed by atoms with Crippen LogP contribution in [0.3, 0.4) is 0 Å². The van der Waals surface area contributed by atoms with Gasteiger partial charge in [0.25, 0.3) is 0 Å². The second-order valence-electron chi connectivity index (χ2n) is 5.89. The van der Waals surface area contributed by atoms with E-state index in [1.165, 1.54) is 16.3 Å². The second-order valence-corrected chi connectivity index (χ2v) is 5.89. The van der Waals surface area contributed by atoms with E-state index in [1.807, 2.05) is 24.4 Å². The number of hydrogen-bond donors (Lipinski definition) is 1. The van der Waals surface area contributed by atoms with Crippen LogP contribution in [-0.4, -0.2) is 25.6 Å². The summed E-state index contributed by atoms with van der Waals surface area (Å²) in [5.74, 6) is 0.581. The third kappa shape index (κ3) is 2.33. The first-order chi connectivity index (χ1) is 12.4. The normalized spacial score (nSPS) is 11.2. The molecular weight excluding hydrogens is 310 g/mol. The van der Waals surface area contributed by atoms with Gasteiger partial charge in [0.2, 0.25) is 5.82 Å². The highest BCUT2D eigenvalue weighted by Gasteiger charge is 2.08. The van der Waals surface area contributed by atoms with Gasteiger partial charge in [0.1, 0.15) is 0 Å². The van der Waals surface area contributed by atoms with E-state index in [4.69, 9.17) is 0 Å². The van der Waals surface area contributed by atoms with Gasteiger partial charge in [-0.15, -0.1) is 10.2 Å². The van der Waals surface area contributed by atoms with Crippen molar-refractivity contribution in [2.75, 3.05) is 0 Å². The zero-order valence-electron chi connectivity index (χ0n) is 13.2. The molecule has 0 spiro atoms. The lowest BCUT2D eigenvalue weighted by Crippen LogP contribution is -1.87. The van der Waals surface area contributed by atoms with Crippen LogP contribution in [-0.2, 0) is 0 Å². The summed E-state index contributed by atoms with van der Waals surface area (Å²) in [6.07, 6.45) is 1.93. The molecule has 5 nitrogen and oxygen atoms in total. The predicted octanol–water partition coefficient (Wildman–Crippen LogP) is 4.24. The van der Waals surface area contributed by atoms with Gasteiger partial charge in [-0.25, -0.2) is 0 Å². The Hall–Kier alpha value is -3.60. The number of pyridine rings is 1. The zero-order valence-corrected chi connectivity index (χ0v) is 13.2. The number of fused-ring (bicyclic) bond motifs is 2. The second kappa shape index (κ2) is 5.49. The molecule has 2 aromatic heterocycles. The average Bonchev–Trinajstić information content (AvgIpc) is 3.21. The van der Waals surface area contributed by atoms with Gasteiger partial charge in [0, 0.05) is 22.7 Å². The molecule has 0 amide bonds. The Morgan fingerprint density at radius 3 is 2.56 bits per heavy atom. The molecule has 0 fully saturated rings. The van der Waals surface area contributed by atoms with Crippen LogP contribution in [0.15, 0.2) is 72.9 Å². The minimum atomic E-state index is 0.581. The third-order valence-electron chi connectivity index (χ3n) is 4.39. The van der Waals surface area contributed by atoms with Crippen LogP contribution in [0.1, 0.15) is 0 Å². The van der Waals surface area contributed by atoms with Gasteiger partial charge < -0.3 is 0 Å². The summed E-state index contributed by atoms with van der Waals surface area (Å²) in [4.78, 5) is 4.62. The number of aromatic amines is 1. The van der Waals surface area contributed by atoms with Crippen molar-refractivity contribution in [3.05, 3.63) is 72.9 Å². The van der Waals surface area contributed by atoms with Crippen LogP contribution in [0, 0.1) is 0 Å². The van der Waals surface area contributed by atoms with Crippen LogP contribution >= 0.6 is 0 Å². The lowest BCUT2D eigenvalue weighted by atomic mass is 9.98. The number of rotatable bonds is 2. The van der Waals surface area contributed by atoms with Crippen LogP contribution in [0.4, 0.5) is 0 Å². The number of tetrazole rings is 1. The maximum Gasteiger partial charge on any atom is 0.204 e. The van der Waals surface area contributed by atoms with Gasteiger partial charge in [0.15, 0.2) is 0 Å². The van der Waals surface area contributed by atoms with Crippen molar-refractivity contribution in [1.29, 1.82) is 0 Å². The molecule has 0 radical (unpaired) electrons. The van der Waals surface area contributed by atoms with Gasteiger partial charge in [-0.05, 0) is 45.8 Å². The Kier molecular flexibility index (Phi) is 3.03. The molecule has 0 aliphatic rings. The quantitative estimate of drug-likeness (QED) is 0.528. The van der Waals surface area contributed by atoms with Crippen LogP contribution in [0.5, 0.6) is 0 Å². The zero-order chi connectivity index (χ0) is 16.6. The van der Waals surface area contributed by atoms with Gasteiger partial charge in [-0.2, -0.15) is 5.21 Å². The first kappa shape index (κ1) is 13.8. The molecule has 5 aromatic rings. The molecule has 5 rings (SSSR count). The van der Waals surface area contributed by atoms with Crippen molar-refractivity contribution in [2.24, 2.45) is 0 Å². The summed E-state index contributed by atoms with van der Waals surface area (Å²) in [5, 5.41) is 17.7. The Balaban J connectivity index is 1.71. The van der Waals surface area contributed by atoms with E-state index in [0.29, 0.717) is 5.82 Å². The van der Waals surface area contributed by atoms with E-state index in [-0.39, 0.29) is 0 Å². The maximum absolute atomic E-state index is 4.62. The Bertz CT molecular complexity index is 1190. The molecule has 0 aliphatic heterocycles. The van der Waals surface area contributed by atoms with Crippen LogP contribution in [0.2, 0.25) is 0 Å². The SMILES string of the molecule is c1ccc2c(-c3cnc4ccc(-c5nn[nH]n5)cc4c3)cccc2c1. The number of H-pyrrole nitrogens is 1. The van der Waals surface area contributed by atoms with E-state index >= 15 is 0 Å². The number of aromatic nitrogens is 5. The van der Waals surface area contributed by atoms with Crippen molar-refractivity contribution in [1.82, 2.24) is 25.6 Å². The van der Waals surface area contributed by atoms with E-state index in [9.17, 15) is 0 Å². The van der Waals surface area contributed by atoms with Crippen molar-refractivity contribution in [3.8, 4) is 22.5 Å². The van der Waals surface area contributed by atoms with E-state index in [1.54, 1.807) is 0 Å². The molecule has 0 saturated carbocycles. The number of benzene rings is 3. The number of nitrogens with zero attached hydrogens (tertiary/aromatic N) is 4. The molecule has 0 saturated heterocycles. The van der Waals surface area contributed by atoms with Gasteiger partial charge in [-0.1, -0.05) is 42.5 Å². The van der Waals surface area contributed by atoms with E-state index in [0.717, 1.165) is 22.0 Å². The van der Waals surface area contributed by atoms with E-state index < -0.39 is 0 Å². The average molecular weight is 323 g/mol. The fourth-order valence-electron chi connectivity index (χ4n) is 3.18. The first-order valence-corrected chi connectivity index (χ1v) is 8.00. The summed E-state index contributed by atoms with van der Waals surface area (Å²) in [6, 6.07) is 22.9. The van der Waals surface area contributed by atoms with Crippen molar-refractivity contribution >= 4 is 21.7 Å². The smallest absolute Gasteiger partial charge is 0.204 e. The summed E-state index contributed by atoms with van der Waals surface area (Å²) in [6.45, 7) is 0. The molecule has 118 valence electrons. The lowest BCUT2D eigenvalue weighted by molar-refractivity contribution is 0.881. The minimum absolute atomic E-state index is 0.581. The summed E-state index contributed by atoms with van der Waals surface area (Å²) in [5.41, 5.74) is 4.13. The van der Waals surface area contributed by atoms with Crippen molar-refractivity contribution in [3.63, 3.8) is 0 Å².